The number of nitriles is 1. The monoisotopic (exact) mass is 267 g/mol. The summed E-state index contributed by atoms with van der Waals surface area (Å²) in [5.74, 6) is 0.235. The number of nitrogens with one attached hydrogen (secondary N) is 1. The number of hydrogen-bond acceptors (Lipinski definition) is 3. The predicted octanol–water partition coefficient (Wildman–Crippen LogP) is 1.48. The lowest BCUT2D eigenvalue weighted by Gasteiger charge is -2.20. The van der Waals surface area contributed by atoms with Gasteiger partial charge in [-0.25, -0.2) is 0 Å². The van der Waals surface area contributed by atoms with Crippen LogP contribution in [0.3, 0.4) is 0 Å². The molecule has 0 bridgehead atoms. The minimum absolute atomic E-state index is 0.235. The molecule has 0 saturated carbocycles. The SMILES string of the molecule is CC(C)CNS(=O)(=O)N(C)c1cccc(C#N)c1. The van der Waals surface area contributed by atoms with E-state index in [9.17, 15) is 8.42 Å². The molecule has 1 aromatic rings. The Balaban J connectivity index is 2.92. The minimum atomic E-state index is -3.56. The van der Waals surface area contributed by atoms with Gasteiger partial charge in [-0.15, -0.1) is 0 Å². The average Bonchev–Trinajstić information content (AvgIpc) is 2.35. The lowest BCUT2D eigenvalue weighted by molar-refractivity contribution is 0.558. The molecule has 1 rings (SSSR count). The Kier molecular flexibility index (Phi) is 4.70. The van der Waals surface area contributed by atoms with Gasteiger partial charge in [0.05, 0.1) is 17.3 Å². The van der Waals surface area contributed by atoms with Gasteiger partial charge in [-0.2, -0.15) is 18.4 Å². The van der Waals surface area contributed by atoms with E-state index in [-0.39, 0.29) is 5.92 Å². The number of anilines is 1. The zero-order valence-corrected chi connectivity index (χ0v) is 11.5. The van der Waals surface area contributed by atoms with Crippen molar-refractivity contribution < 1.29 is 8.42 Å². The molecule has 0 heterocycles. The molecular weight excluding hydrogens is 250 g/mol. The van der Waals surface area contributed by atoms with E-state index in [1.54, 1.807) is 18.2 Å². The van der Waals surface area contributed by atoms with E-state index in [2.05, 4.69) is 4.72 Å². The molecule has 18 heavy (non-hydrogen) atoms. The van der Waals surface area contributed by atoms with E-state index in [1.807, 2.05) is 19.9 Å². The van der Waals surface area contributed by atoms with E-state index in [0.29, 0.717) is 17.8 Å². The summed E-state index contributed by atoms with van der Waals surface area (Å²) < 4.78 is 27.6. The van der Waals surface area contributed by atoms with E-state index >= 15 is 0 Å². The van der Waals surface area contributed by atoms with Crippen molar-refractivity contribution in [1.29, 1.82) is 5.26 Å². The standard InChI is InChI=1S/C12H17N3O2S/c1-10(2)9-14-18(16,17)15(3)12-6-4-5-11(7-12)8-13/h4-7,10,14H,9H2,1-3H3. The molecule has 0 amide bonds. The summed E-state index contributed by atoms with van der Waals surface area (Å²) in [5, 5.41) is 8.79. The first kappa shape index (κ1) is 14.5. The number of benzene rings is 1. The van der Waals surface area contributed by atoms with Gasteiger partial charge in [-0.1, -0.05) is 19.9 Å². The summed E-state index contributed by atoms with van der Waals surface area (Å²) in [7, 11) is -2.10. The molecule has 0 aliphatic carbocycles. The topological polar surface area (TPSA) is 73.2 Å². The van der Waals surface area contributed by atoms with Crippen LogP contribution < -0.4 is 9.03 Å². The van der Waals surface area contributed by atoms with Gasteiger partial charge in [0.15, 0.2) is 0 Å². The first-order valence-corrected chi connectivity index (χ1v) is 7.04. The van der Waals surface area contributed by atoms with Gasteiger partial charge in [0.2, 0.25) is 0 Å². The van der Waals surface area contributed by atoms with Gasteiger partial charge in [0.25, 0.3) is 0 Å². The Morgan fingerprint density at radius 3 is 2.67 bits per heavy atom. The van der Waals surface area contributed by atoms with Gasteiger partial charge in [0, 0.05) is 13.6 Å². The summed E-state index contributed by atoms with van der Waals surface area (Å²) in [5.41, 5.74) is 0.892. The van der Waals surface area contributed by atoms with Crippen LogP contribution in [0.4, 0.5) is 5.69 Å². The summed E-state index contributed by atoms with van der Waals surface area (Å²) in [4.78, 5) is 0. The van der Waals surface area contributed by atoms with Crippen molar-refractivity contribution in [3.8, 4) is 6.07 Å². The van der Waals surface area contributed by atoms with E-state index in [4.69, 9.17) is 5.26 Å². The van der Waals surface area contributed by atoms with Crippen molar-refractivity contribution in [2.45, 2.75) is 13.8 Å². The first-order valence-electron chi connectivity index (χ1n) is 5.60. The van der Waals surface area contributed by atoms with Crippen molar-refractivity contribution >= 4 is 15.9 Å². The number of rotatable bonds is 5. The number of nitrogens with zero attached hydrogens (tertiary/aromatic N) is 2. The largest absolute Gasteiger partial charge is 0.301 e. The third-order valence-electron chi connectivity index (χ3n) is 2.37. The van der Waals surface area contributed by atoms with Crippen LogP contribution in [0.25, 0.3) is 0 Å². The second kappa shape index (κ2) is 5.85. The molecule has 0 saturated heterocycles. The maximum Gasteiger partial charge on any atom is 0.301 e. The highest BCUT2D eigenvalue weighted by Crippen LogP contribution is 2.16. The molecule has 0 fully saturated rings. The highest BCUT2D eigenvalue weighted by atomic mass is 32.2. The lowest BCUT2D eigenvalue weighted by Crippen LogP contribution is -2.39. The highest BCUT2D eigenvalue weighted by molar-refractivity contribution is 7.90. The molecule has 1 aromatic carbocycles. The average molecular weight is 267 g/mol. The smallest absolute Gasteiger partial charge is 0.261 e. The van der Waals surface area contributed by atoms with Gasteiger partial charge in [-0.05, 0) is 24.1 Å². The third-order valence-corrected chi connectivity index (χ3v) is 3.84. The lowest BCUT2D eigenvalue weighted by atomic mass is 10.2. The fourth-order valence-corrected chi connectivity index (χ4v) is 2.41. The fourth-order valence-electron chi connectivity index (χ4n) is 1.28. The molecular formula is C12H17N3O2S. The van der Waals surface area contributed by atoms with Crippen LogP contribution in [0.15, 0.2) is 24.3 Å². The highest BCUT2D eigenvalue weighted by Gasteiger charge is 2.18. The third kappa shape index (κ3) is 3.72. The molecule has 98 valence electrons. The summed E-state index contributed by atoms with van der Waals surface area (Å²) in [6.45, 7) is 4.24. The van der Waals surface area contributed by atoms with Gasteiger partial charge >= 0.3 is 10.2 Å². The zero-order chi connectivity index (χ0) is 13.8. The maximum absolute atomic E-state index is 12.0. The first-order chi connectivity index (χ1) is 8.36. The Morgan fingerprint density at radius 2 is 2.11 bits per heavy atom. The molecule has 6 heteroatoms. The number of hydrogen-bond donors (Lipinski definition) is 1. The van der Waals surface area contributed by atoms with Gasteiger partial charge in [0.1, 0.15) is 0 Å². The Morgan fingerprint density at radius 1 is 1.44 bits per heavy atom. The van der Waals surface area contributed by atoms with Crippen molar-refractivity contribution in [2.24, 2.45) is 5.92 Å². The second-order valence-electron chi connectivity index (χ2n) is 4.38. The van der Waals surface area contributed by atoms with Crippen molar-refractivity contribution in [3.63, 3.8) is 0 Å². The van der Waals surface area contributed by atoms with Crippen LogP contribution in [0, 0.1) is 17.2 Å². The predicted molar refractivity (Wildman–Crippen MR) is 71.3 cm³/mol. The summed E-state index contributed by atoms with van der Waals surface area (Å²) in [6, 6.07) is 8.45. The van der Waals surface area contributed by atoms with Gasteiger partial charge < -0.3 is 0 Å². The molecule has 0 atom stereocenters. The molecule has 5 nitrogen and oxygen atoms in total. The molecule has 0 spiro atoms. The Bertz CT molecular complexity index is 547. The minimum Gasteiger partial charge on any atom is -0.261 e. The van der Waals surface area contributed by atoms with Crippen molar-refractivity contribution in [3.05, 3.63) is 29.8 Å². The summed E-state index contributed by atoms with van der Waals surface area (Å²) in [6.07, 6.45) is 0. The molecule has 1 N–H and O–H groups in total. The van der Waals surface area contributed by atoms with Crippen molar-refractivity contribution in [2.75, 3.05) is 17.9 Å². The maximum atomic E-state index is 12.0. The Hall–Kier alpha value is -1.58. The van der Waals surface area contributed by atoms with Crippen LogP contribution in [0.2, 0.25) is 0 Å². The fraction of sp³-hybridized carbons (Fsp3) is 0.417. The molecule has 0 aliphatic rings. The van der Waals surface area contributed by atoms with E-state index in [0.717, 1.165) is 4.31 Å². The quantitative estimate of drug-likeness (QED) is 0.878. The van der Waals surface area contributed by atoms with E-state index < -0.39 is 10.2 Å². The normalized spacial score (nSPS) is 11.3. The Labute approximate surface area is 108 Å². The van der Waals surface area contributed by atoms with E-state index in [1.165, 1.54) is 13.1 Å². The molecule has 0 radical (unpaired) electrons. The van der Waals surface area contributed by atoms with Crippen LogP contribution in [0.1, 0.15) is 19.4 Å². The van der Waals surface area contributed by atoms with Crippen LogP contribution in [-0.4, -0.2) is 22.0 Å². The molecule has 0 unspecified atom stereocenters. The van der Waals surface area contributed by atoms with Crippen molar-refractivity contribution in [1.82, 2.24) is 4.72 Å². The second-order valence-corrected chi connectivity index (χ2v) is 6.16. The molecule has 0 aromatic heterocycles. The van der Waals surface area contributed by atoms with Crippen LogP contribution >= 0.6 is 0 Å². The van der Waals surface area contributed by atoms with Crippen LogP contribution in [-0.2, 0) is 10.2 Å². The zero-order valence-electron chi connectivity index (χ0n) is 10.7. The molecule has 0 aliphatic heterocycles. The van der Waals surface area contributed by atoms with Gasteiger partial charge in [-0.3, -0.25) is 4.31 Å². The summed E-state index contributed by atoms with van der Waals surface area (Å²) >= 11 is 0. The van der Waals surface area contributed by atoms with Crippen LogP contribution in [0.5, 0.6) is 0 Å².